The summed E-state index contributed by atoms with van der Waals surface area (Å²) in [5.41, 5.74) is 1.62. The zero-order valence-corrected chi connectivity index (χ0v) is 16.7. The van der Waals surface area contributed by atoms with Crippen LogP contribution in [0.15, 0.2) is 42.6 Å². The van der Waals surface area contributed by atoms with Crippen LogP contribution >= 0.6 is 0 Å². The highest BCUT2D eigenvalue weighted by Gasteiger charge is 2.21. The van der Waals surface area contributed by atoms with Crippen LogP contribution < -0.4 is 20.1 Å². The minimum Gasteiger partial charge on any atom is -0.493 e. The summed E-state index contributed by atoms with van der Waals surface area (Å²) < 4.78 is 12.1. The lowest BCUT2D eigenvalue weighted by Gasteiger charge is -2.10. The molecule has 0 atom stereocenters. The second-order valence-corrected chi connectivity index (χ2v) is 6.37. The number of aromatic nitrogens is 2. The van der Waals surface area contributed by atoms with Gasteiger partial charge in [0.05, 0.1) is 19.7 Å². The number of carbonyl (C=O) groups is 2. The standard InChI is InChI=1S/C21H24N4O4/c1-4-10-22-21(27)19-24-18(15-7-5-6-11-25(15)19)20(26)23-13-14-8-9-16(28-2)17(12-14)29-3/h5-9,11-12H,4,10,13H2,1-3H3,(H,22,27)(H,23,26). The van der Waals surface area contributed by atoms with Crippen molar-refractivity contribution >= 4 is 17.3 Å². The molecule has 0 unspecified atom stereocenters. The van der Waals surface area contributed by atoms with Crippen molar-refractivity contribution in [3.05, 3.63) is 59.7 Å². The number of nitrogens with one attached hydrogen (secondary N) is 2. The van der Waals surface area contributed by atoms with E-state index in [2.05, 4.69) is 15.6 Å². The molecular weight excluding hydrogens is 372 g/mol. The molecule has 0 saturated heterocycles. The summed E-state index contributed by atoms with van der Waals surface area (Å²) in [6.07, 6.45) is 2.53. The van der Waals surface area contributed by atoms with Gasteiger partial charge in [0, 0.05) is 19.3 Å². The Kier molecular flexibility index (Phi) is 6.33. The summed E-state index contributed by atoms with van der Waals surface area (Å²) in [6.45, 7) is 2.79. The van der Waals surface area contributed by atoms with E-state index in [1.807, 2.05) is 13.0 Å². The maximum Gasteiger partial charge on any atom is 0.287 e. The number of carbonyl (C=O) groups excluding carboxylic acids is 2. The van der Waals surface area contributed by atoms with Gasteiger partial charge in [-0.25, -0.2) is 4.98 Å². The molecule has 2 N–H and O–H groups in total. The van der Waals surface area contributed by atoms with Crippen LogP contribution in [-0.2, 0) is 6.54 Å². The number of hydrogen-bond acceptors (Lipinski definition) is 5. The summed E-state index contributed by atoms with van der Waals surface area (Å²) in [5, 5.41) is 5.64. The third-order valence-corrected chi connectivity index (χ3v) is 4.40. The van der Waals surface area contributed by atoms with E-state index < -0.39 is 0 Å². The molecule has 0 saturated carbocycles. The van der Waals surface area contributed by atoms with E-state index in [1.54, 1.807) is 55.1 Å². The first-order valence-corrected chi connectivity index (χ1v) is 9.33. The predicted molar refractivity (Wildman–Crippen MR) is 109 cm³/mol. The molecule has 0 radical (unpaired) electrons. The quantitative estimate of drug-likeness (QED) is 0.610. The molecular formula is C21H24N4O4. The number of benzene rings is 1. The van der Waals surface area contributed by atoms with Crippen molar-refractivity contribution in [3.8, 4) is 11.5 Å². The number of methoxy groups -OCH3 is 2. The Bertz CT molecular complexity index is 1030. The molecule has 0 fully saturated rings. The van der Waals surface area contributed by atoms with Crippen LogP contribution in [0.25, 0.3) is 5.52 Å². The maximum absolute atomic E-state index is 12.8. The average molecular weight is 396 g/mol. The molecule has 8 nitrogen and oxygen atoms in total. The van der Waals surface area contributed by atoms with Gasteiger partial charge in [0.1, 0.15) is 0 Å². The van der Waals surface area contributed by atoms with Crippen molar-refractivity contribution < 1.29 is 19.1 Å². The number of hydrogen-bond donors (Lipinski definition) is 2. The van der Waals surface area contributed by atoms with Crippen molar-refractivity contribution in [3.63, 3.8) is 0 Å². The highest BCUT2D eigenvalue weighted by atomic mass is 16.5. The van der Waals surface area contributed by atoms with Gasteiger partial charge in [-0.2, -0.15) is 0 Å². The molecule has 29 heavy (non-hydrogen) atoms. The number of imidazole rings is 1. The highest BCUT2D eigenvalue weighted by Crippen LogP contribution is 2.27. The summed E-state index contributed by atoms with van der Waals surface area (Å²) in [5.74, 6) is 0.710. The lowest BCUT2D eigenvalue weighted by Crippen LogP contribution is -2.26. The molecule has 0 aliphatic rings. The maximum atomic E-state index is 12.8. The number of nitrogens with zero attached hydrogens (tertiary/aromatic N) is 2. The Morgan fingerprint density at radius 2 is 1.83 bits per heavy atom. The summed E-state index contributed by atoms with van der Waals surface area (Å²) in [7, 11) is 3.12. The number of amides is 2. The molecule has 152 valence electrons. The number of pyridine rings is 1. The fraction of sp³-hybridized carbons (Fsp3) is 0.286. The molecule has 0 spiro atoms. The van der Waals surface area contributed by atoms with Gasteiger partial charge in [-0.3, -0.25) is 14.0 Å². The summed E-state index contributed by atoms with van der Waals surface area (Å²) >= 11 is 0. The summed E-state index contributed by atoms with van der Waals surface area (Å²) in [6, 6.07) is 10.8. The zero-order valence-electron chi connectivity index (χ0n) is 16.7. The van der Waals surface area contributed by atoms with Crippen molar-refractivity contribution in [2.45, 2.75) is 19.9 Å². The first-order chi connectivity index (χ1) is 14.1. The van der Waals surface area contributed by atoms with Crippen LogP contribution in [0.1, 0.15) is 40.0 Å². The van der Waals surface area contributed by atoms with E-state index in [-0.39, 0.29) is 29.9 Å². The Morgan fingerprint density at radius 3 is 2.55 bits per heavy atom. The smallest absolute Gasteiger partial charge is 0.287 e. The minimum absolute atomic E-state index is 0.185. The van der Waals surface area contributed by atoms with Crippen molar-refractivity contribution in [1.29, 1.82) is 0 Å². The normalized spacial score (nSPS) is 10.6. The molecule has 2 amide bonds. The van der Waals surface area contributed by atoms with E-state index >= 15 is 0 Å². The Labute approximate surface area is 168 Å². The largest absolute Gasteiger partial charge is 0.493 e. The fourth-order valence-electron chi connectivity index (χ4n) is 2.94. The molecule has 0 bridgehead atoms. The van der Waals surface area contributed by atoms with Gasteiger partial charge in [-0.15, -0.1) is 0 Å². The molecule has 2 heterocycles. The first kappa shape index (κ1) is 20.2. The molecule has 3 rings (SSSR count). The van der Waals surface area contributed by atoms with Crippen molar-refractivity contribution in [1.82, 2.24) is 20.0 Å². The molecule has 3 aromatic rings. The molecule has 0 aliphatic carbocycles. The van der Waals surface area contributed by atoms with E-state index in [4.69, 9.17) is 9.47 Å². The van der Waals surface area contributed by atoms with Crippen molar-refractivity contribution in [2.24, 2.45) is 0 Å². The Balaban J connectivity index is 1.81. The summed E-state index contributed by atoms with van der Waals surface area (Å²) in [4.78, 5) is 29.5. The van der Waals surface area contributed by atoms with Crippen LogP contribution in [0.5, 0.6) is 11.5 Å². The Hall–Kier alpha value is -3.55. The molecule has 1 aromatic carbocycles. The topological polar surface area (TPSA) is 94.0 Å². The zero-order chi connectivity index (χ0) is 20.8. The van der Waals surface area contributed by atoms with E-state index in [0.29, 0.717) is 23.6 Å². The second kappa shape index (κ2) is 9.09. The van der Waals surface area contributed by atoms with E-state index in [1.165, 1.54) is 0 Å². The fourth-order valence-corrected chi connectivity index (χ4v) is 2.94. The van der Waals surface area contributed by atoms with Gasteiger partial charge in [-0.1, -0.05) is 19.1 Å². The lowest BCUT2D eigenvalue weighted by molar-refractivity contribution is 0.0942. The highest BCUT2D eigenvalue weighted by molar-refractivity contribution is 6.02. The van der Waals surface area contributed by atoms with Gasteiger partial charge in [-0.05, 0) is 36.2 Å². The predicted octanol–water partition coefficient (Wildman–Crippen LogP) is 2.42. The van der Waals surface area contributed by atoms with Gasteiger partial charge in [0.25, 0.3) is 11.8 Å². The van der Waals surface area contributed by atoms with Crippen LogP contribution in [0.3, 0.4) is 0 Å². The first-order valence-electron chi connectivity index (χ1n) is 9.33. The lowest BCUT2D eigenvalue weighted by atomic mass is 10.2. The van der Waals surface area contributed by atoms with Crippen LogP contribution in [0.4, 0.5) is 0 Å². The molecule has 8 heteroatoms. The van der Waals surface area contributed by atoms with Gasteiger partial charge in [0.15, 0.2) is 17.2 Å². The number of ether oxygens (including phenoxy) is 2. The monoisotopic (exact) mass is 396 g/mol. The molecule has 2 aromatic heterocycles. The van der Waals surface area contributed by atoms with Gasteiger partial charge in [0.2, 0.25) is 5.82 Å². The number of fused-ring (bicyclic) bond motifs is 1. The second-order valence-electron chi connectivity index (χ2n) is 6.37. The minimum atomic E-state index is -0.363. The van der Waals surface area contributed by atoms with Gasteiger partial charge >= 0.3 is 0 Å². The number of rotatable bonds is 8. The van der Waals surface area contributed by atoms with Crippen LogP contribution in [-0.4, -0.2) is 42.0 Å². The van der Waals surface area contributed by atoms with E-state index in [9.17, 15) is 9.59 Å². The van der Waals surface area contributed by atoms with Gasteiger partial charge < -0.3 is 20.1 Å². The van der Waals surface area contributed by atoms with Crippen LogP contribution in [0.2, 0.25) is 0 Å². The van der Waals surface area contributed by atoms with E-state index in [0.717, 1.165) is 12.0 Å². The Morgan fingerprint density at radius 1 is 1.03 bits per heavy atom. The third kappa shape index (κ3) is 4.31. The third-order valence-electron chi connectivity index (χ3n) is 4.40. The SMILES string of the molecule is CCCNC(=O)c1nc(C(=O)NCc2ccc(OC)c(OC)c2)c2ccccn12. The molecule has 0 aliphatic heterocycles. The average Bonchev–Trinajstić information content (AvgIpc) is 3.15. The van der Waals surface area contributed by atoms with Crippen LogP contribution in [0, 0.1) is 0 Å². The van der Waals surface area contributed by atoms with Crippen molar-refractivity contribution in [2.75, 3.05) is 20.8 Å².